The Morgan fingerprint density at radius 1 is 1.06 bits per heavy atom. The zero-order valence-electron chi connectivity index (χ0n) is 18.2. The van der Waals surface area contributed by atoms with E-state index in [0.29, 0.717) is 34.5 Å². The molecule has 0 spiro atoms. The van der Waals surface area contributed by atoms with Gasteiger partial charge in [0.15, 0.2) is 0 Å². The van der Waals surface area contributed by atoms with Crippen LogP contribution in [0, 0.1) is 0 Å². The predicted octanol–water partition coefficient (Wildman–Crippen LogP) is 3.70. The third-order valence-corrected chi connectivity index (χ3v) is 4.34. The smallest absolute Gasteiger partial charge is 0.408 e. The average Bonchev–Trinajstić information content (AvgIpc) is 2.71. The second-order valence-corrected chi connectivity index (χ2v) is 7.86. The van der Waals surface area contributed by atoms with Gasteiger partial charge < -0.3 is 24.6 Å². The lowest BCUT2D eigenvalue weighted by atomic mass is 9.98. The number of alkyl carbamates (subject to hydrolysis) is 1. The minimum atomic E-state index is -1.16. The van der Waals surface area contributed by atoms with E-state index in [4.69, 9.17) is 14.2 Å². The number of nitrogens with one attached hydrogen (secondary N) is 1. The maximum Gasteiger partial charge on any atom is 0.408 e. The highest BCUT2D eigenvalue weighted by molar-refractivity contribution is 5.85. The van der Waals surface area contributed by atoms with Gasteiger partial charge in [0.2, 0.25) is 0 Å². The van der Waals surface area contributed by atoms with Crippen LogP contribution in [0.25, 0.3) is 11.1 Å². The summed E-state index contributed by atoms with van der Waals surface area (Å²) in [4.78, 5) is 34.7. The van der Waals surface area contributed by atoms with Crippen LogP contribution >= 0.6 is 0 Å². The normalized spacial score (nSPS) is 11.9. The van der Waals surface area contributed by atoms with E-state index in [-0.39, 0.29) is 6.42 Å². The standard InChI is InChI=1S/C23H27NO7/c1-23(2,3)31-22(28)24-17(21(26)27)10-14-6-8-16(9-7-14)20-18(29-4)11-15(13-25)12-19(20)30-5/h6-9,11-13,17H,10H2,1-5H3,(H,24,28)(H,26,27)/t17-/m0/s1. The summed E-state index contributed by atoms with van der Waals surface area (Å²) >= 11 is 0. The molecule has 0 radical (unpaired) electrons. The van der Waals surface area contributed by atoms with Gasteiger partial charge in [-0.3, -0.25) is 4.79 Å². The summed E-state index contributed by atoms with van der Waals surface area (Å²) < 4.78 is 16.0. The lowest BCUT2D eigenvalue weighted by molar-refractivity contribution is -0.139. The van der Waals surface area contributed by atoms with Gasteiger partial charge >= 0.3 is 12.1 Å². The van der Waals surface area contributed by atoms with Crippen LogP contribution in [-0.2, 0) is 16.0 Å². The monoisotopic (exact) mass is 429 g/mol. The van der Waals surface area contributed by atoms with E-state index in [0.717, 1.165) is 5.56 Å². The fourth-order valence-electron chi connectivity index (χ4n) is 2.98. The molecule has 0 aliphatic heterocycles. The van der Waals surface area contributed by atoms with E-state index in [1.54, 1.807) is 57.2 Å². The van der Waals surface area contributed by atoms with Gasteiger partial charge in [-0.05, 0) is 44.0 Å². The number of ether oxygens (including phenoxy) is 3. The first-order valence-corrected chi connectivity index (χ1v) is 9.60. The summed E-state index contributed by atoms with van der Waals surface area (Å²) in [5.41, 5.74) is 1.83. The van der Waals surface area contributed by atoms with Gasteiger partial charge in [0.25, 0.3) is 0 Å². The zero-order valence-corrected chi connectivity index (χ0v) is 18.2. The maximum absolute atomic E-state index is 11.9. The molecule has 0 aliphatic carbocycles. The van der Waals surface area contributed by atoms with Crippen molar-refractivity contribution in [3.63, 3.8) is 0 Å². The summed E-state index contributed by atoms with van der Waals surface area (Å²) in [6, 6.07) is 9.19. The minimum absolute atomic E-state index is 0.0766. The molecular formula is C23H27NO7. The number of aliphatic carboxylic acids is 1. The third kappa shape index (κ3) is 6.47. The number of carboxylic acid groups (broad SMARTS) is 1. The Kier molecular flexibility index (Phi) is 7.63. The van der Waals surface area contributed by atoms with Crippen molar-refractivity contribution in [1.29, 1.82) is 0 Å². The largest absolute Gasteiger partial charge is 0.496 e. The molecule has 0 fully saturated rings. The van der Waals surface area contributed by atoms with Crippen LogP contribution in [0.5, 0.6) is 11.5 Å². The van der Waals surface area contributed by atoms with E-state index in [1.807, 2.05) is 0 Å². The molecule has 2 N–H and O–H groups in total. The number of hydrogen-bond acceptors (Lipinski definition) is 6. The number of carbonyl (C=O) groups is 3. The molecule has 0 aliphatic rings. The number of benzene rings is 2. The molecule has 166 valence electrons. The average molecular weight is 429 g/mol. The lowest BCUT2D eigenvalue weighted by Gasteiger charge is -2.22. The highest BCUT2D eigenvalue weighted by Gasteiger charge is 2.24. The van der Waals surface area contributed by atoms with Crippen molar-refractivity contribution in [2.45, 2.75) is 38.8 Å². The van der Waals surface area contributed by atoms with Crippen LogP contribution in [0.15, 0.2) is 36.4 Å². The third-order valence-electron chi connectivity index (χ3n) is 4.34. The first-order chi connectivity index (χ1) is 14.6. The molecule has 2 aromatic rings. The lowest BCUT2D eigenvalue weighted by Crippen LogP contribution is -2.44. The summed E-state index contributed by atoms with van der Waals surface area (Å²) in [5.74, 6) is -0.212. The van der Waals surface area contributed by atoms with Crippen molar-refractivity contribution in [2.75, 3.05) is 14.2 Å². The molecule has 0 unspecified atom stereocenters. The number of rotatable bonds is 8. The SMILES string of the molecule is COc1cc(C=O)cc(OC)c1-c1ccc(C[C@H](NC(=O)OC(C)(C)C)C(=O)O)cc1. The van der Waals surface area contributed by atoms with Gasteiger partial charge in [-0.15, -0.1) is 0 Å². The Balaban J connectivity index is 2.26. The molecule has 1 amide bonds. The van der Waals surface area contributed by atoms with Gasteiger partial charge in [-0.1, -0.05) is 24.3 Å². The Morgan fingerprint density at radius 3 is 2.03 bits per heavy atom. The fraction of sp³-hybridized carbons (Fsp3) is 0.348. The predicted molar refractivity (Wildman–Crippen MR) is 115 cm³/mol. The number of amides is 1. The van der Waals surface area contributed by atoms with Crippen molar-refractivity contribution < 1.29 is 33.7 Å². The summed E-state index contributed by atoms with van der Waals surface area (Å²) in [6.45, 7) is 5.10. The summed E-state index contributed by atoms with van der Waals surface area (Å²) in [6.07, 6.45) is -0.00396. The summed E-state index contributed by atoms with van der Waals surface area (Å²) in [7, 11) is 3.00. The molecule has 8 heteroatoms. The second-order valence-electron chi connectivity index (χ2n) is 7.86. The number of hydrogen-bond donors (Lipinski definition) is 2. The topological polar surface area (TPSA) is 111 Å². The highest BCUT2D eigenvalue weighted by atomic mass is 16.6. The minimum Gasteiger partial charge on any atom is -0.496 e. The van der Waals surface area contributed by atoms with Gasteiger partial charge in [0.05, 0.1) is 19.8 Å². The van der Waals surface area contributed by atoms with Crippen molar-refractivity contribution in [2.24, 2.45) is 0 Å². The first kappa shape index (κ1) is 23.7. The van der Waals surface area contributed by atoms with E-state index in [2.05, 4.69) is 5.32 Å². The van der Waals surface area contributed by atoms with Crippen LogP contribution in [0.1, 0.15) is 36.7 Å². The van der Waals surface area contributed by atoms with Gasteiger partial charge in [0, 0.05) is 12.0 Å². The molecule has 2 rings (SSSR count). The molecule has 31 heavy (non-hydrogen) atoms. The molecule has 0 saturated heterocycles. The van der Waals surface area contributed by atoms with Crippen molar-refractivity contribution >= 4 is 18.3 Å². The van der Waals surface area contributed by atoms with Crippen LogP contribution < -0.4 is 14.8 Å². The number of aldehydes is 1. The van der Waals surface area contributed by atoms with Crippen LogP contribution in [0.3, 0.4) is 0 Å². The molecule has 1 atom stereocenters. The van der Waals surface area contributed by atoms with Crippen molar-refractivity contribution in [3.8, 4) is 22.6 Å². The first-order valence-electron chi connectivity index (χ1n) is 9.60. The zero-order chi connectivity index (χ0) is 23.2. The van der Waals surface area contributed by atoms with Gasteiger partial charge in [-0.25, -0.2) is 9.59 Å². The summed E-state index contributed by atoms with van der Waals surface area (Å²) in [5, 5.41) is 11.9. The Labute approximate surface area is 181 Å². The van der Waals surface area contributed by atoms with E-state index in [9.17, 15) is 19.5 Å². The molecule has 8 nitrogen and oxygen atoms in total. The fourth-order valence-corrected chi connectivity index (χ4v) is 2.98. The number of carboxylic acids is 1. The van der Waals surface area contributed by atoms with Gasteiger partial charge in [0.1, 0.15) is 29.4 Å². The molecule has 0 saturated carbocycles. The maximum atomic E-state index is 11.9. The molecule has 0 aromatic heterocycles. The van der Waals surface area contributed by atoms with Crippen LogP contribution in [0.4, 0.5) is 4.79 Å². The van der Waals surface area contributed by atoms with Gasteiger partial charge in [-0.2, -0.15) is 0 Å². The molecule has 0 heterocycles. The van der Waals surface area contributed by atoms with Crippen molar-refractivity contribution in [3.05, 3.63) is 47.5 Å². The van der Waals surface area contributed by atoms with Crippen LogP contribution in [0.2, 0.25) is 0 Å². The molecule has 0 bridgehead atoms. The molecule has 2 aromatic carbocycles. The Morgan fingerprint density at radius 2 is 1.61 bits per heavy atom. The van der Waals surface area contributed by atoms with Crippen LogP contribution in [-0.4, -0.2) is 49.3 Å². The quantitative estimate of drug-likeness (QED) is 0.616. The van der Waals surface area contributed by atoms with Crippen molar-refractivity contribution in [1.82, 2.24) is 5.32 Å². The molecular weight excluding hydrogens is 402 g/mol. The van der Waals surface area contributed by atoms with E-state index < -0.39 is 23.7 Å². The Hall–Kier alpha value is -3.55. The highest BCUT2D eigenvalue weighted by Crippen LogP contribution is 2.39. The van der Waals surface area contributed by atoms with E-state index >= 15 is 0 Å². The number of carbonyl (C=O) groups excluding carboxylic acids is 2. The Bertz CT molecular complexity index is 920. The van der Waals surface area contributed by atoms with E-state index in [1.165, 1.54) is 14.2 Å². The number of methoxy groups -OCH3 is 2. The second kappa shape index (κ2) is 9.97.